The second-order valence-corrected chi connectivity index (χ2v) is 10.9. The molecule has 3 heterocycles. The van der Waals surface area contributed by atoms with Gasteiger partial charge in [0.1, 0.15) is 29.6 Å². The van der Waals surface area contributed by atoms with Crippen molar-refractivity contribution in [2.24, 2.45) is 11.8 Å². The molecule has 8 nitrogen and oxygen atoms in total. The van der Waals surface area contributed by atoms with Gasteiger partial charge in [0.05, 0.1) is 12.1 Å². The number of nitrogens with one attached hydrogen (secondary N) is 1. The Morgan fingerprint density at radius 3 is 2.58 bits per heavy atom. The first-order valence-electron chi connectivity index (χ1n) is 13.5. The van der Waals surface area contributed by atoms with Crippen molar-refractivity contribution in [3.63, 3.8) is 0 Å². The monoisotopic (exact) mass is 532 g/mol. The highest BCUT2D eigenvalue weighted by molar-refractivity contribution is 5.99. The minimum Gasteiger partial charge on any atom is -0.507 e. The molecule has 208 valence electrons. The van der Waals surface area contributed by atoms with Gasteiger partial charge < -0.3 is 25.3 Å². The summed E-state index contributed by atoms with van der Waals surface area (Å²) >= 11 is 0. The minimum atomic E-state index is -1.71. The summed E-state index contributed by atoms with van der Waals surface area (Å²) in [5.74, 6) is -2.50. The van der Waals surface area contributed by atoms with E-state index in [0.29, 0.717) is 18.4 Å². The quantitative estimate of drug-likeness (QED) is 0.476. The molecular formula is C28H38F2N4O4. The lowest BCUT2D eigenvalue weighted by atomic mass is 9.85. The van der Waals surface area contributed by atoms with Crippen LogP contribution in [0.2, 0.25) is 0 Å². The number of nitrogens with zero attached hydrogens (tertiary/aromatic N) is 3. The van der Waals surface area contributed by atoms with Gasteiger partial charge in [-0.1, -0.05) is 40.2 Å². The minimum absolute atomic E-state index is 0.00901. The van der Waals surface area contributed by atoms with Crippen LogP contribution in [0.25, 0.3) is 0 Å². The van der Waals surface area contributed by atoms with Crippen LogP contribution in [0.1, 0.15) is 52.5 Å². The van der Waals surface area contributed by atoms with Crippen molar-refractivity contribution < 1.29 is 28.6 Å². The molecule has 1 aromatic rings. The molecule has 0 radical (unpaired) electrons. The normalized spacial score (nSPS) is 25.9. The summed E-state index contributed by atoms with van der Waals surface area (Å²) in [7, 11) is 0. The van der Waals surface area contributed by atoms with Crippen molar-refractivity contribution in [2.45, 2.75) is 71.8 Å². The van der Waals surface area contributed by atoms with Gasteiger partial charge in [-0.05, 0) is 30.7 Å². The lowest BCUT2D eigenvalue weighted by molar-refractivity contribution is -0.157. The summed E-state index contributed by atoms with van der Waals surface area (Å²) in [5.41, 5.74) is -0.0965. The third-order valence-corrected chi connectivity index (χ3v) is 7.68. The average Bonchev–Trinajstić information content (AvgIpc) is 2.85. The molecule has 2 saturated heterocycles. The molecule has 2 fully saturated rings. The lowest BCUT2D eigenvalue weighted by Gasteiger charge is -2.56. The van der Waals surface area contributed by atoms with Crippen LogP contribution in [0.4, 0.5) is 8.78 Å². The molecule has 3 aliphatic heterocycles. The number of hydrogen-bond acceptors (Lipinski definition) is 6. The predicted molar refractivity (Wildman–Crippen MR) is 138 cm³/mol. The summed E-state index contributed by atoms with van der Waals surface area (Å²) in [4.78, 5) is 32.6. The molecule has 38 heavy (non-hydrogen) atoms. The van der Waals surface area contributed by atoms with E-state index in [1.165, 1.54) is 12.3 Å². The molecule has 3 N–H and O–H groups in total. The van der Waals surface area contributed by atoms with Crippen molar-refractivity contribution in [3.05, 3.63) is 58.6 Å². The maximum Gasteiger partial charge on any atom is 0.275 e. The summed E-state index contributed by atoms with van der Waals surface area (Å²) in [5, 5.41) is 24.3. The van der Waals surface area contributed by atoms with Crippen molar-refractivity contribution in [2.75, 3.05) is 19.6 Å². The Morgan fingerprint density at radius 1 is 1.21 bits per heavy atom. The van der Waals surface area contributed by atoms with Crippen molar-refractivity contribution in [1.29, 1.82) is 0 Å². The maximum atomic E-state index is 14.0. The fraction of sp³-hybridized carbons (Fsp3) is 0.571. The Labute approximate surface area is 222 Å². The van der Waals surface area contributed by atoms with Gasteiger partial charge in [0.25, 0.3) is 11.8 Å². The van der Waals surface area contributed by atoms with E-state index in [1.807, 2.05) is 4.90 Å². The van der Waals surface area contributed by atoms with Gasteiger partial charge in [-0.2, -0.15) is 0 Å². The zero-order valence-electron chi connectivity index (χ0n) is 22.5. The molecule has 2 unspecified atom stereocenters. The van der Waals surface area contributed by atoms with E-state index in [0.717, 1.165) is 44.5 Å². The number of carbonyl (C=O) groups is 2. The number of fused-ring (bicyclic) bond motifs is 2. The highest BCUT2D eigenvalue weighted by atomic mass is 19.1. The zero-order chi connectivity index (χ0) is 27.7. The van der Waals surface area contributed by atoms with E-state index in [1.54, 1.807) is 4.90 Å². The second-order valence-electron chi connectivity index (χ2n) is 10.9. The summed E-state index contributed by atoms with van der Waals surface area (Å²) < 4.78 is 27.2. The first kappa shape index (κ1) is 28.0. The van der Waals surface area contributed by atoms with Crippen LogP contribution >= 0.6 is 0 Å². The molecule has 2 amide bonds. The lowest BCUT2D eigenvalue weighted by Crippen LogP contribution is -2.70. The molecule has 4 rings (SSSR count). The van der Waals surface area contributed by atoms with Crippen LogP contribution in [-0.2, 0) is 16.1 Å². The molecule has 10 heteroatoms. The van der Waals surface area contributed by atoms with Gasteiger partial charge in [-0.15, -0.1) is 0 Å². The standard InChI is InChI=1S/C28H38F2N4O4/c1-5-7-18-13-32(12-16(3)4)23-15-33-14-20(27(37)31-11-17-8-9-19(29)10-21(17)30)25(35)26(36)24(33)28(38)34(23)22(18)6-2/h8-10,14,16,18,22-23,25,35-36H,5-7,11-13,15H2,1-4H3,(H,31,37)/t18?,22-,23-,25?/m0/s1. The van der Waals surface area contributed by atoms with Crippen molar-refractivity contribution >= 4 is 11.8 Å². The van der Waals surface area contributed by atoms with Crippen LogP contribution in [-0.4, -0.2) is 74.7 Å². The third-order valence-electron chi connectivity index (χ3n) is 7.68. The molecule has 4 atom stereocenters. The van der Waals surface area contributed by atoms with Crippen LogP contribution in [0.3, 0.4) is 0 Å². The highest BCUT2D eigenvalue weighted by Gasteiger charge is 2.50. The number of halogens is 2. The number of aliphatic hydroxyl groups is 2. The molecule has 1 aromatic carbocycles. The molecule has 0 bridgehead atoms. The zero-order valence-corrected chi connectivity index (χ0v) is 22.5. The number of amides is 2. The molecule has 0 aromatic heterocycles. The van der Waals surface area contributed by atoms with E-state index < -0.39 is 29.4 Å². The van der Waals surface area contributed by atoms with Crippen molar-refractivity contribution in [1.82, 2.24) is 20.0 Å². The van der Waals surface area contributed by atoms with E-state index in [4.69, 9.17) is 0 Å². The summed E-state index contributed by atoms with van der Waals surface area (Å²) in [6.45, 7) is 10.2. The first-order valence-corrected chi connectivity index (χ1v) is 13.5. The second kappa shape index (κ2) is 11.4. The van der Waals surface area contributed by atoms with Gasteiger partial charge in [0.2, 0.25) is 0 Å². The Balaban J connectivity index is 1.61. The van der Waals surface area contributed by atoms with Crippen LogP contribution in [0.5, 0.6) is 0 Å². The molecule has 3 aliphatic rings. The smallest absolute Gasteiger partial charge is 0.275 e. The van der Waals surface area contributed by atoms with Gasteiger partial charge in [-0.25, -0.2) is 8.78 Å². The Morgan fingerprint density at radius 2 is 1.95 bits per heavy atom. The fourth-order valence-electron chi connectivity index (χ4n) is 6.03. The Kier molecular flexibility index (Phi) is 8.42. The van der Waals surface area contributed by atoms with E-state index in [-0.39, 0.29) is 41.5 Å². The van der Waals surface area contributed by atoms with E-state index in [9.17, 15) is 28.6 Å². The number of rotatable bonds is 8. The van der Waals surface area contributed by atoms with Crippen LogP contribution in [0.15, 0.2) is 41.4 Å². The largest absolute Gasteiger partial charge is 0.507 e. The van der Waals surface area contributed by atoms with Gasteiger partial charge in [0, 0.05) is 43.5 Å². The Hall–Kier alpha value is -2.98. The average molecular weight is 533 g/mol. The van der Waals surface area contributed by atoms with Crippen molar-refractivity contribution in [3.8, 4) is 0 Å². The topological polar surface area (TPSA) is 96.4 Å². The van der Waals surface area contributed by atoms with Gasteiger partial charge in [0.15, 0.2) is 5.76 Å². The molecule has 0 aliphatic carbocycles. The predicted octanol–water partition coefficient (Wildman–Crippen LogP) is 3.25. The number of aliphatic hydroxyl groups excluding tert-OH is 2. The number of piperazine rings is 1. The van der Waals surface area contributed by atoms with Crippen LogP contribution in [0, 0.1) is 23.5 Å². The van der Waals surface area contributed by atoms with E-state index in [2.05, 4.69) is 37.9 Å². The number of carbonyl (C=O) groups excluding carboxylic acids is 2. The number of benzene rings is 1. The third kappa shape index (κ3) is 5.29. The summed E-state index contributed by atoms with van der Waals surface area (Å²) in [6, 6.07) is 3.05. The molecule has 0 spiro atoms. The first-order chi connectivity index (χ1) is 18.1. The van der Waals surface area contributed by atoms with Gasteiger partial charge >= 0.3 is 0 Å². The van der Waals surface area contributed by atoms with E-state index >= 15 is 0 Å². The fourth-order valence-corrected chi connectivity index (χ4v) is 6.03. The SMILES string of the molecule is CCCC1CN(CC(C)C)[C@@H]2CN3C=C(C(=O)NCc4ccc(F)cc4F)C(O)C(O)=C3C(=O)N2[C@H]1CC. The maximum absolute atomic E-state index is 14.0. The molecule has 0 saturated carbocycles. The summed E-state index contributed by atoms with van der Waals surface area (Å²) in [6.07, 6.45) is 2.22. The van der Waals surface area contributed by atoms with Crippen LogP contribution < -0.4 is 5.32 Å². The highest BCUT2D eigenvalue weighted by Crippen LogP contribution is 2.38. The molecular weight excluding hydrogens is 494 g/mol. The number of hydrogen-bond donors (Lipinski definition) is 3. The van der Waals surface area contributed by atoms with Gasteiger partial charge in [-0.3, -0.25) is 14.5 Å². The Bertz CT molecular complexity index is 1140.